The Morgan fingerprint density at radius 3 is 3.00 bits per heavy atom. The molecule has 6 heteroatoms. The maximum Gasteiger partial charge on any atom is 0.263 e. The number of anilines is 1. The Hall–Kier alpha value is -1.69. The molecule has 2 aliphatic rings. The lowest BCUT2D eigenvalue weighted by Gasteiger charge is -2.27. The molecule has 1 unspecified atom stereocenters. The van der Waals surface area contributed by atoms with E-state index >= 15 is 0 Å². The Labute approximate surface area is 117 Å². The molecule has 1 saturated heterocycles. The van der Waals surface area contributed by atoms with Crippen LogP contribution < -0.4 is 10.2 Å². The smallest absolute Gasteiger partial charge is 0.263 e. The van der Waals surface area contributed by atoms with Gasteiger partial charge in [-0.1, -0.05) is 5.16 Å². The van der Waals surface area contributed by atoms with Crippen molar-refractivity contribution < 1.29 is 4.52 Å². The van der Waals surface area contributed by atoms with E-state index in [1.807, 2.05) is 6.92 Å². The molecule has 1 N–H and O–H groups in total. The molecule has 4 rings (SSSR count). The zero-order valence-corrected chi connectivity index (χ0v) is 11.7. The molecule has 0 bridgehead atoms. The van der Waals surface area contributed by atoms with Gasteiger partial charge >= 0.3 is 0 Å². The second-order valence-electron chi connectivity index (χ2n) is 5.82. The number of fused-ring (bicyclic) bond motifs is 1. The van der Waals surface area contributed by atoms with E-state index in [9.17, 15) is 0 Å². The van der Waals surface area contributed by atoms with Gasteiger partial charge in [-0.05, 0) is 39.2 Å². The highest BCUT2D eigenvalue weighted by Crippen LogP contribution is 2.35. The van der Waals surface area contributed by atoms with Gasteiger partial charge in [0, 0.05) is 18.6 Å². The summed E-state index contributed by atoms with van der Waals surface area (Å²) in [4.78, 5) is 11.1. The molecule has 2 aromatic rings. The van der Waals surface area contributed by atoms with Gasteiger partial charge in [-0.25, -0.2) is 4.98 Å². The molecular formula is C14H19N5O. The van der Waals surface area contributed by atoms with E-state index in [4.69, 9.17) is 4.52 Å². The summed E-state index contributed by atoms with van der Waals surface area (Å²) in [6, 6.07) is 1.19. The molecule has 1 aliphatic carbocycles. The highest BCUT2D eigenvalue weighted by atomic mass is 16.5. The molecule has 1 saturated carbocycles. The van der Waals surface area contributed by atoms with Crippen molar-refractivity contribution in [2.75, 3.05) is 18.0 Å². The van der Waals surface area contributed by atoms with Crippen LogP contribution in [0.1, 0.15) is 31.4 Å². The fraction of sp³-hybridized carbons (Fsp3) is 0.643. The van der Waals surface area contributed by atoms with Crippen molar-refractivity contribution in [3.05, 3.63) is 12.0 Å². The highest BCUT2D eigenvalue weighted by Gasteiger charge is 2.34. The number of nitrogens with zero attached hydrogens (tertiary/aromatic N) is 4. The number of rotatable bonds is 4. The minimum atomic E-state index is 0.570. The van der Waals surface area contributed by atoms with Crippen LogP contribution in [0.2, 0.25) is 0 Å². The van der Waals surface area contributed by atoms with E-state index < -0.39 is 0 Å². The summed E-state index contributed by atoms with van der Waals surface area (Å²) in [7, 11) is 0. The first-order valence-corrected chi connectivity index (χ1v) is 7.40. The zero-order chi connectivity index (χ0) is 13.5. The Morgan fingerprint density at radius 2 is 2.25 bits per heavy atom. The predicted molar refractivity (Wildman–Crippen MR) is 75.7 cm³/mol. The van der Waals surface area contributed by atoms with Gasteiger partial charge in [0.15, 0.2) is 0 Å². The normalized spacial score (nSPS) is 22.6. The molecule has 2 fully saturated rings. The molecular weight excluding hydrogens is 254 g/mol. The van der Waals surface area contributed by atoms with Gasteiger partial charge in [0.25, 0.3) is 5.71 Å². The van der Waals surface area contributed by atoms with Crippen molar-refractivity contribution in [2.45, 2.75) is 44.7 Å². The largest absolute Gasteiger partial charge is 0.351 e. The average Bonchev–Trinajstić information content (AvgIpc) is 3.04. The van der Waals surface area contributed by atoms with Crippen LogP contribution in [0.4, 0.5) is 5.82 Å². The van der Waals surface area contributed by atoms with Crippen LogP contribution in [0, 0.1) is 6.92 Å². The Morgan fingerprint density at radius 1 is 1.35 bits per heavy atom. The molecule has 0 aromatic carbocycles. The van der Waals surface area contributed by atoms with Gasteiger partial charge in [-0.15, -0.1) is 0 Å². The minimum Gasteiger partial charge on any atom is -0.351 e. The van der Waals surface area contributed by atoms with E-state index in [1.54, 1.807) is 6.33 Å². The summed E-state index contributed by atoms with van der Waals surface area (Å²) in [6.07, 6.45) is 6.61. The summed E-state index contributed by atoms with van der Waals surface area (Å²) in [6.45, 7) is 4.10. The second kappa shape index (κ2) is 4.70. The quantitative estimate of drug-likeness (QED) is 0.913. The van der Waals surface area contributed by atoms with Crippen molar-refractivity contribution in [3.8, 4) is 0 Å². The first-order chi connectivity index (χ1) is 9.83. The van der Waals surface area contributed by atoms with Crippen molar-refractivity contribution in [1.29, 1.82) is 0 Å². The SMILES string of the molecule is Cc1noc2ncnc(N(CC3CCCN3)C3CC3)c12. The first kappa shape index (κ1) is 12.1. The molecule has 0 radical (unpaired) electrons. The zero-order valence-electron chi connectivity index (χ0n) is 11.7. The van der Waals surface area contributed by atoms with Crippen molar-refractivity contribution >= 4 is 16.9 Å². The fourth-order valence-corrected chi connectivity index (χ4v) is 3.07. The maximum absolute atomic E-state index is 5.27. The molecule has 1 aliphatic heterocycles. The lowest BCUT2D eigenvalue weighted by molar-refractivity contribution is 0.442. The van der Waals surface area contributed by atoms with Crippen LogP contribution >= 0.6 is 0 Å². The number of hydrogen-bond donors (Lipinski definition) is 1. The summed E-state index contributed by atoms with van der Waals surface area (Å²) < 4.78 is 5.27. The fourth-order valence-electron chi connectivity index (χ4n) is 3.07. The van der Waals surface area contributed by atoms with E-state index in [0.29, 0.717) is 17.8 Å². The number of hydrogen-bond acceptors (Lipinski definition) is 6. The van der Waals surface area contributed by atoms with Crippen molar-refractivity contribution in [1.82, 2.24) is 20.4 Å². The van der Waals surface area contributed by atoms with Crippen LogP contribution in [-0.2, 0) is 0 Å². The van der Waals surface area contributed by atoms with Gasteiger partial charge in [0.2, 0.25) is 0 Å². The van der Waals surface area contributed by atoms with Crippen LogP contribution in [0.15, 0.2) is 10.9 Å². The third-order valence-corrected chi connectivity index (χ3v) is 4.26. The molecule has 0 amide bonds. The standard InChI is InChI=1S/C14H19N5O/c1-9-12-13(16-8-17-14(12)20-18-9)19(11-4-5-11)7-10-3-2-6-15-10/h8,10-11,15H,2-7H2,1H3. The first-order valence-electron chi connectivity index (χ1n) is 7.40. The third kappa shape index (κ3) is 2.04. The van der Waals surface area contributed by atoms with Gasteiger partial charge in [0.1, 0.15) is 17.5 Å². The van der Waals surface area contributed by atoms with Gasteiger partial charge in [-0.2, -0.15) is 4.98 Å². The Kier molecular flexibility index (Phi) is 2.84. The highest BCUT2D eigenvalue weighted by molar-refractivity contribution is 5.88. The predicted octanol–water partition coefficient (Wildman–Crippen LogP) is 1.65. The lowest BCUT2D eigenvalue weighted by atomic mass is 10.2. The van der Waals surface area contributed by atoms with Crippen molar-refractivity contribution in [3.63, 3.8) is 0 Å². The van der Waals surface area contributed by atoms with Crippen LogP contribution in [0.25, 0.3) is 11.1 Å². The molecule has 3 heterocycles. The third-order valence-electron chi connectivity index (χ3n) is 4.26. The van der Waals surface area contributed by atoms with Gasteiger partial charge in [0.05, 0.1) is 5.69 Å². The lowest BCUT2D eigenvalue weighted by Crippen LogP contribution is -2.39. The molecule has 0 spiro atoms. The van der Waals surface area contributed by atoms with E-state index in [-0.39, 0.29) is 0 Å². The Bertz CT molecular complexity index is 615. The second-order valence-corrected chi connectivity index (χ2v) is 5.82. The molecule has 6 nitrogen and oxygen atoms in total. The summed E-state index contributed by atoms with van der Waals surface area (Å²) in [5.74, 6) is 0.991. The number of nitrogens with one attached hydrogen (secondary N) is 1. The topological polar surface area (TPSA) is 67.1 Å². The van der Waals surface area contributed by atoms with Crippen LogP contribution in [-0.4, -0.2) is 40.3 Å². The molecule has 2 aromatic heterocycles. The maximum atomic E-state index is 5.27. The molecule has 1 atom stereocenters. The van der Waals surface area contributed by atoms with Crippen LogP contribution in [0.5, 0.6) is 0 Å². The van der Waals surface area contributed by atoms with Gasteiger partial charge in [-0.3, -0.25) is 0 Å². The minimum absolute atomic E-state index is 0.570. The summed E-state index contributed by atoms with van der Waals surface area (Å²) in [5, 5.41) is 8.57. The Balaban J connectivity index is 1.71. The summed E-state index contributed by atoms with van der Waals surface area (Å²) >= 11 is 0. The van der Waals surface area contributed by atoms with Crippen molar-refractivity contribution in [2.24, 2.45) is 0 Å². The monoisotopic (exact) mass is 273 g/mol. The average molecular weight is 273 g/mol. The number of aryl methyl sites for hydroxylation is 1. The molecule has 20 heavy (non-hydrogen) atoms. The van der Waals surface area contributed by atoms with E-state index in [1.165, 1.54) is 25.7 Å². The summed E-state index contributed by atoms with van der Waals surface area (Å²) in [5.41, 5.74) is 1.47. The molecule has 106 valence electrons. The van der Waals surface area contributed by atoms with Gasteiger partial charge < -0.3 is 14.7 Å². The van der Waals surface area contributed by atoms with Crippen LogP contribution in [0.3, 0.4) is 0 Å². The van der Waals surface area contributed by atoms with E-state index in [2.05, 4.69) is 25.3 Å². The van der Waals surface area contributed by atoms with E-state index in [0.717, 1.165) is 30.0 Å². The number of aromatic nitrogens is 3.